The van der Waals surface area contributed by atoms with Crippen LogP contribution in [0.25, 0.3) is 0 Å². The SMILES string of the molecule is CC(C)c1nccn1C(=O)Oc1ccc([N+](=O)[O-])cc1. The highest BCUT2D eigenvalue weighted by Crippen LogP contribution is 2.19. The number of non-ortho nitro benzene ring substituents is 1. The highest BCUT2D eigenvalue weighted by atomic mass is 16.6. The summed E-state index contributed by atoms with van der Waals surface area (Å²) in [6, 6.07) is 5.31. The number of hydrogen-bond acceptors (Lipinski definition) is 5. The molecule has 1 aromatic heterocycles. The third-order valence-corrected chi connectivity index (χ3v) is 2.64. The Bertz CT molecular complexity index is 631. The van der Waals surface area contributed by atoms with Gasteiger partial charge < -0.3 is 4.74 Å². The Morgan fingerprint density at radius 2 is 2.00 bits per heavy atom. The Morgan fingerprint density at radius 3 is 2.55 bits per heavy atom. The fourth-order valence-electron chi connectivity index (χ4n) is 1.68. The average molecular weight is 275 g/mol. The molecule has 20 heavy (non-hydrogen) atoms. The van der Waals surface area contributed by atoms with E-state index in [1.165, 1.54) is 41.2 Å². The number of aromatic nitrogens is 2. The molecule has 0 aliphatic heterocycles. The van der Waals surface area contributed by atoms with Crippen LogP contribution in [0, 0.1) is 10.1 Å². The van der Waals surface area contributed by atoms with Crippen molar-refractivity contribution >= 4 is 11.8 Å². The average Bonchev–Trinajstić information content (AvgIpc) is 2.88. The predicted octanol–water partition coefficient (Wildman–Crippen LogP) is 2.96. The summed E-state index contributed by atoms with van der Waals surface area (Å²) in [6.07, 6.45) is 2.44. The van der Waals surface area contributed by atoms with E-state index < -0.39 is 11.0 Å². The number of rotatable bonds is 3. The second-order valence-electron chi connectivity index (χ2n) is 4.43. The second kappa shape index (κ2) is 5.52. The molecular weight excluding hydrogens is 262 g/mol. The zero-order valence-corrected chi connectivity index (χ0v) is 11.0. The van der Waals surface area contributed by atoms with Crippen LogP contribution in [0.4, 0.5) is 10.5 Å². The van der Waals surface area contributed by atoms with Gasteiger partial charge in [0.1, 0.15) is 11.6 Å². The molecular formula is C13H13N3O4. The second-order valence-corrected chi connectivity index (χ2v) is 4.43. The van der Waals surface area contributed by atoms with Gasteiger partial charge in [0.2, 0.25) is 0 Å². The van der Waals surface area contributed by atoms with Crippen molar-refractivity contribution in [3.8, 4) is 5.75 Å². The van der Waals surface area contributed by atoms with Crippen LogP contribution in [-0.4, -0.2) is 20.6 Å². The third kappa shape index (κ3) is 2.82. The van der Waals surface area contributed by atoms with Gasteiger partial charge in [-0.1, -0.05) is 13.8 Å². The van der Waals surface area contributed by atoms with Crippen molar-refractivity contribution in [1.29, 1.82) is 0 Å². The van der Waals surface area contributed by atoms with Gasteiger partial charge in [0.15, 0.2) is 0 Å². The molecule has 0 fully saturated rings. The van der Waals surface area contributed by atoms with Gasteiger partial charge in [0.05, 0.1) is 4.92 Å². The van der Waals surface area contributed by atoms with Crippen LogP contribution < -0.4 is 4.74 Å². The lowest BCUT2D eigenvalue weighted by atomic mass is 10.2. The normalized spacial score (nSPS) is 10.6. The largest absolute Gasteiger partial charge is 0.424 e. The Balaban J connectivity index is 2.15. The highest BCUT2D eigenvalue weighted by Gasteiger charge is 2.15. The fourth-order valence-corrected chi connectivity index (χ4v) is 1.68. The van der Waals surface area contributed by atoms with Crippen LogP contribution in [0.2, 0.25) is 0 Å². The summed E-state index contributed by atoms with van der Waals surface area (Å²) in [6.45, 7) is 3.83. The number of nitro groups is 1. The maximum Gasteiger partial charge on any atom is 0.424 e. The number of benzene rings is 1. The molecule has 104 valence electrons. The van der Waals surface area contributed by atoms with Crippen molar-refractivity contribution in [2.75, 3.05) is 0 Å². The maximum atomic E-state index is 12.0. The van der Waals surface area contributed by atoms with Crippen LogP contribution in [0.1, 0.15) is 25.6 Å². The van der Waals surface area contributed by atoms with Gasteiger partial charge >= 0.3 is 6.09 Å². The van der Waals surface area contributed by atoms with Crippen molar-refractivity contribution < 1.29 is 14.5 Å². The van der Waals surface area contributed by atoms with E-state index in [-0.39, 0.29) is 17.4 Å². The minimum Gasteiger partial charge on any atom is -0.410 e. The van der Waals surface area contributed by atoms with Crippen LogP contribution in [0.5, 0.6) is 5.75 Å². The molecule has 0 N–H and O–H groups in total. The lowest BCUT2D eigenvalue weighted by molar-refractivity contribution is -0.384. The number of carbonyl (C=O) groups is 1. The van der Waals surface area contributed by atoms with E-state index in [4.69, 9.17) is 4.74 Å². The first-order valence-corrected chi connectivity index (χ1v) is 5.99. The van der Waals surface area contributed by atoms with Gasteiger partial charge in [-0.3, -0.25) is 10.1 Å². The molecule has 0 bridgehead atoms. The highest BCUT2D eigenvalue weighted by molar-refractivity contribution is 5.74. The molecule has 0 radical (unpaired) electrons. The molecule has 2 rings (SSSR count). The summed E-state index contributed by atoms with van der Waals surface area (Å²) in [5.41, 5.74) is -0.0599. The Morgan fingerprint density at radius 1 is 1.35 bits per heavy atom. The van der Waals surface area contributed by atoms with Crippen molar-refractivity contribution in [3.63, 3.8) is 0 Å². The Labute approximate surface area is 115 Å². The first-order valence-electron chi connectivity index (χ1n) is 5.99. The summed E-state index contributed by atoms with van der Waals surface area (Å²) in [4.78, 5) is 26.1. The van der Waals surface area contributed by atoms with E-state index in [1.54, 1.807) is 0 Å². The minimum atomic E-state index is -0.597. The first-order chi connectivity index (χ1) is 9.49. The lowest BCUT2D eigenvalue weighted by Gasteiger charge is -2.09. The molecule has 0 saturated heterocycles. The zero-order valence-electron chi connectivity index (χ0n) is 11.0. The quantitative estimate of drug-likeness (QED) is 0.634. The van der Waals surface area contributed by atoms with Crippen molar-refractivity contribution in [2.24, 2.45) is 0 Å². The van der Waals surface area contributed by atoms with E-state index in [0.29, 0.717) is 5.82 Å². The maximum absolute atomic E-state index is 12.0. The summed E-state index contributed by atoms with van der Waals surface area (Å²) >= 11 is 0. The number of nitro benzene ring substituents is 1. The summed E-state index contributed by atoms with van der Waals surface area (Å²) < 4.78 is 6.46. The monoisotopic (exact) mass is 275 g/mol. The molecule has 0 spiro atoms. The molecule has 0 amide bonds. The van der Waals surface area contributed by atoms with Crippen LogP contribution in [0.15, 0.2) is 36.7 Å². The van der Waals surface area contributed by atoms with E-state index >= 15 is 0 Å². The van der Waals surface area contributed by atoms with Crippen molar-refractivity contribution in [2.45, 2.75) is 19.8 Å². The Hall–Kier alpha value is -2.70. The van der Waals surface area contributed by atoms with Gasteiger partial charge in [0.25, 0.3) is 5.69 Å². The number of hydrogen-bond donors (Lipinski definition) is 0. The smallest absolute Gasteiger partial charge is 0.410 e. The van der Waals surface area contributed by atoms with Crippen LogP contribution >= 0.6 is 0 Å². The van der Waals surface area contributed by atoms with Gasteiger partial charge in [-0.2, -0.15) is 0 Å². The molecule has 1 heterocycles. The summed E-state index contributed by atoms with van der Waals surface area (Å²) in [5, 5.41) is 10.5. The van der Waals surface area contributed by atoms with Crippen molar-refractivity contribution in [1.82, 2.24) is 9.55 Å². The van der Waals surface area contributed by atoms with Gasteiger partial charge in [-0.05, 0) is 12.1 Å². The molecule has 0 aliphatic rings. The van der Waals surface area contributed by atoms with Gasteiger partial charge in [0, 0.05) is 30.4 Å². The molecule has 7 nitrogen and oxygen atoms in total. The predicted molar refractivity (Wildman–Crippen MR) is 70.8 cm³/mol. The van der Waals surface area contributed by atoms with Gasteiger partial charge in [-0.25, -0.2) is 14.3 Å². The van der Waals surface area contributed by atoms with E-state index in [9.17, 15) is 14.9 Å². The van der Waals surface area contributed by atoms with E-state index in [0.717, 1.165) is 0 Å². The van der Waals surface area contributed by atoms with Crippen LogP contribution in [0.3, 0.4) is 0 Å². The molecule has 1 aromatic carbocycles. The third-order valence-electron chi connectivity index (χ3n) is 2.64. The summed E-state index contributed by atoms with van der Waals surface area (Å²) in [7, 11) is 0. The molecule has 0 unspecified atom stereocenters. The van der Waals surface area contributed by atoms with E-state index in [1.807, 2.05) is 13.8 Å². The number of nitrogens with zero attached hydrogens (tertiary/aromatic N) is 3. The standard InChI is InChI=1S/C13H13N3O4/c1-9(2)12-14-7-8-15(12)13(17)20-11-5-3-10(4-6-11)16(18)19/h3-9H,1-2H3. The molecule has 0 atom stereocenters. The topological polar surface area (TPSA) is 87.3 Å². The Kier molecular flexibility index (Phi) is 3.79. The molecule has 2 aromatic rings. The lowest BCUT2D eigenvalue weighted by Crippen LogP contribution is -2.19. The number of carbonyl (C=O) groups excluding carboxylic acids is 1. The molecule has 0 saturated carbocycles. The zero-order chi connectivity index (χ0) is 14.7. The number of ether oxygens (including phenoxy) is 1. The molecule has 0 aliphatic carbocycles. The first kappa shape index (κ1) is 13.7. The minimum absolute atomic E-state index is 0.0599. The van der Waals surface area contributed by atoms with E-state index in [2.05, 4.69) is 4.98 Å². The number of imidazole rings is 1. The van der Waals surface area contributed by atoms with Crippen LogP contribution in [-0.2, 0) is 0 Å². The fraction of sp³-hybridized carbons (Fsp3) is 0.231. The molecule has 7 heteroatoms. The summed E-state index contributed by atoms with van der Waals surface area (Å²) in [5.74, 6) is 0.912. The van der Waals surface area contributed by atoms with Gasteiger partial charge in [-0.15, -0.1) is 0 Å². The van der Waals surface area contributed by atoms with Crippen molar-refractivity contribution in [3.05, 3.63) is 52.6 Å².